The molecule has 1 fully saturated rings. The zero-order valence-corrected chi connectivity index (χ0v) is 13.6. The van der Waals surface area contributed by atoms with E-state index in [4.69, 9.17) is 5.73 Å². The quantitative estimate of drug-likeness (QED) is 0.842. The van der Waals surface area contributed by atoms with Gasteiger partial charge in [-0.1, -0.05) is 18.2 Å². The Kier molecular flexibility index (Phi) is 4.63. The molecule has 0 unspecified atom stereocenters. The van der Waals surface area contributed by atoms with Gasteiger partial charge in [-0.2, -0.15) is 0 Å². The Labute approximate surface area is 129 Å². The number of nitrogens with two attached hydrogens (primary N) is 1. The smallest absolute Gasteiger partial charge is 0.262 e. The van der Waals surface area contributed by atoms with Gasteiger partial charge in [0.2, 0.25) is 0 Å². The van der Waals surface area contributed by atoms with Gasteiger partial charge >= 0.3 is 0 Å². The standard InChI is InChI=1S/C14H18N2O3S2/c1-10(15)13(20-2)14(17)16-8-12(9-16)21(18,19)11-6-4-3-5-7-11/h3-7,12H,8-9,15H2,1-2H3/b13-10+. The van der Waals surface area contributed by atoms with Crippen LogP contribution in [0, 0.1) is 0 Å². The second-order valence-electron chi connectivity index (χ2n) is 4.91. The lowest BCUT2D eigenvalue weighted by molar-refractivity contribution is -0.129. The number of nitrogens with zero attached hydrogens (tertiary/aromatic N) is 1. The minimum atomic E-state index is -3.37. The number of carbonyl (C=O) groups excluding carboxylic acids is 1. The van der Waals surface area contributed by atoms with E-state index >= 15 is 0 Å². The number of benzene rings is 1. The Hall–Kier alpha value is -1.47. The van der Waals surface area contributed by atoms with Crippen molar-refractivity contribution in [2.75, 3.05) is 19.3 Å². The Morgan fingerprint density at radius 3 is 2.33 bits per heavy atom. The van der Waals surface area contributed by atoms with Crippen LogP contribution >= 0.6 is 11.8 Å². The highest BCUT2D eigenvalue weighted by atomic mass is 32.2. The molecule has 5 nitrogen and oxygen atoms in total. The monoisotopic (exact) mass is 326 g/mol. The fourth-order valence-electron chi connectivity index (χ4n) is 2.16. The van der Waals surface area contributed by atoms with Gasteiger partial charge in [-0.15, -0.1) is 11.8 Å². The maximum atomic E-state index is 12.4. The Morgan fingerprint density at radius 1 is 1.29 bits per heavy atom. The van der Waals surface area contributed by atoms with E-state index in [2.05, 4.69) is 0 Å². The average molecular weight is 326 g/mol. The number of thioether (sulfide) groups is 1. The summed E-state index contributed by atoms with van der Waals surface area (Å²) in [5.41, 5.74) is 6.13. The molecule has 0 radical (unpaired) electrons. The van der Waals surface area contributed by atoms with E-state index in [-0.39, 0.29) is 19.0 Å². The molecule has 0 spiro atoms. The van der Waals surface area contributed by atoms with Gasteiger partial charge in [0.05, 0.1) is 9.80 Å². The number of sulfone groups is 1. The number of hydrogen-bond acceptors (Lipinski definition) is 5. The second-order valence-corrected chi connectivity index (χ2v) is 7.95. The molecule has 2 rings (SSSR count). The molecular weight excluding hydrogens is 308 g/mol. The molecule has 0 atom stereocenters. The highest BCUT2D eigenvalue weighted by Crippen LogP contribution is 2.27. The third-order valence-electron chi connectivity index (χ3n) is 3.40. The van der Waals surface area contributed by atoms with Crippen molar-refractivity contribution >= 4 is 27.5 Å². The molecule has 0 aromatic heterocycles. The van der Waals surface area contributed by atoms with Crippen LogP contribution in [0.2, 0.25) is 0 Å². The van der Waals surface area contributed by atoms with Crippen molar-refractivity contribution in [3.63, 3.8) is 0 Å². The minimum Gasteiger partial charge on any atom is -0.401 e. The molecule has 1 aromatic carbocycles. The summed E-state index contributed by atoms with van der Waals surface area (Å²) in [6.45, 7) is 2.10. The fraction of sp³-hybridized carbons (Fsp3) is 0.357. The number of allylic oxidation sites excluding steroid dienone is 1. The second kappa shape index (κ2) is 6.11. The van der Waals surface area contributed by atoms with E-state index in [1.54, 1.807) is 43.5 Å². The highest BCUT2D eigenvalue weighted by Gasteiger charge is 2.41. The molecule has 1 heterocycles. The summed E-state index contributed by atoms with van der Waals surface area (Å²) < 4.78 is 24.8. The first kappa shape index (κ1) is 15.9. The Morgan fingerprint density at radius 2 is 1.86 bits per heavy atom. The molecule has 21 heavy (non-hydrogen) atoms. The first-order valence-corrected chi connectivity index (χ1v) is 9.23. The van der Waals surface area contributed by atoms with E-state index in [0.29, 0.717) is 15.5 Å². The van der Waals surface area contributed by atoms with Crippen molar-refractivity contribution in [2.45, 2.75) is 17.1 Å². The van der Waals surface area contributed by atoms with Crippen LogP contribution < -0.4 is 5.73 Å². The normalized spacial score (nSPS) is 17.1. The van der Waals surface area contributed by atoms with Crippen LogP contribution in [0.25, 0.3) is 0 Å². The van der Waals surface area contributed by atoms with Crippen LogP contribution in [0.1, 0.15) is 6.92 Å². The minimum absolute atomic E-state index is 0.193. The molecule has 1 aliphatic heterocycles. The summed E-state index contributed by atoms with van der Waals surface area (Å²) in [6, 6.07) is 8.32. The van der Waals surface area contributed by atoms with Crippen LogP contribution in [0.5, 0.6) is 0 Å². The summed E-state index contributed by atoms with van der Waals surface area (Å²) in [7, 11) is -3.37. The summed E-state index contributed by atoms with van der Waals surface area (Å²) >= 11 is 1.28. The van der Waals surface area contributed by atoms with Gasteiger partial charge in [0, 0.05) is 18.8 Å². The molecule has 1 saturated heterocycles. The number of amides is 1. The SMILES string of the molecule is CS/C(C(=O)N1CC(S(=O)(=O)c2ccccc2)C1)=C(\C)N. The predicted molar refractivity (Wildman–Crippen MR) is 84.4 cm³/mol. The largest absolute Gasteiger partial charge is 0.401 e. The first-order valence-electron chi connectivity index (χ1n) is 6.46. The zero-order valence-electron chi connectivity index (χ0n) is 11.9. The summed E-state index contributed by atoms with van der Waals surface area (Å²) in [5.74, 6) is -0.193. The fourth-order valence-corrected chi connectivity index (χ4v) is 4.46. The maximum Gasteiger partial charge on any atom is 0.262 e. The Balaban J connectivity index is 2.08. The summed E-state index contributed by atoms with van der Waals surface area (Å²) in [5, 5.41) is -0.537. The number of hydrogen-bond donors (Lipinski definition) is 1. The molecule has 1 aromatic rings. The van der Waals surface area contributed by atoms with E-state index in [1.807, 2.05) is 0 Å². The van der Waals surface area contributed by atoms with Gasteiger partial charge in [-0.3, -0.25) is 4.79 Å². The van der Waals surface area contributed by atoms with E-state index in [9.17, 15) is 13.2 Å². The van der Waals surface area contributed by atoms with Gasteiger partial charge in [0.1, 0.15) is 5.25 Å². The van der Waals surface area contributed by atoms with Crippen molar-refractivity contribution in [1.82, 2.24) is 4.90 Å². The molecule has 114 valence electrons. The van der Waals surface area contributed by atoms with Crippen molar-refractivity contribution in [3.8, 4) is 0 Å². The van der Waals surface area contributed by atoms with E-state index in [0.717, 1.165) is 0 Å². The molecule has 0 bridgehead atoms. The van der Waals surface area contributed by atoms with Crippen LogP contribution in [0.4, 0.5) is 0 Å². The van der Waals surface area contributed by atoms with Gasteiger partial charge in [0.15, 0.2) is 9.84 Å². The predicted octanol–water partition coefficient (Wildman–Crippen LogP) is 1.22. The number of carbonyl (C=O) groups is 1. The molecule has 1 amide bonds. The Bertz CT molecular complexity index is 659. The molecule has 0 saturated carbocycles. The zero-order chi connectivity index (χ0) is 15.6. The molecule has 7 heteroatoms. The van der Waals surface area contributed by atoms with Gasteiger partial charge in [-0.25, -0.2) is 8.42 Å². The van der Waals surface area contributed by atoms with Crippen molar-refractivity contribution < 1.29 is 13.2 Å². The number of rotatable bonds is 4. The lowest BCUT2D eigenvalue weighted by Crippen LogP contribution is -2.57. The maximum absolute atomic E-state index is 12.4. The van der Waals surface area contributed by atoms with Gasteiger partial charge in [0.25, 0.3) is 5.91 Å². The lowest BCUT2D eigenvalue weighted by atomic mass is 10.2. The third-order valence-corrected chi connectivity index (χ3v) is 6.41. The van der Waals surface area contributed by atoms with E-state index in [1.165, 1.54) is 16.7 Å². The highest BCUT2D eigenvalue weighted by molar-refractivity contribution is 8.03. The molecule has 1 aliphatic rings. The third kappa shape index (κ3) is 3.08. The number of likely N-dealkylation sites (tertiary alicyclic amines) is 1. The van der Waals surface area contributed by atoms with Crippen molar-refractivity contribution in [2.24, 2.45) is 5.73 Å². The van der Waals surface area contributed by atoms with Crippen molar-refractivity contribution in [1.29, 1.82) is 0 Å². The first-order chi connectivity index (χ1) is 9.87. The van der Waals surface area contributed by atoms with Crippen LogP contribution in [-0.4, -0.2) is 43.8 Å². The topological polar surface area (TPSA) is 80.5 Å². The average Bonchev–Trinajstić information content (AvgIpc) is 2.38. The van der Waals surface area contributed by atoms with Gasteiger partial charge < -0.3 is 10.6 Å². The van der Waals surface area contributed by atoms with Crippen LogP contribution in [0.3, 0.4) is 0 Å². The van der Waals surface area contributed by atoms with Crippen LogP contribution in [0.15, 0.2) is 45.8 Å². The summed E-state index contributed by atoms with van der Waals surface area (Å²) in [4.78, 5) is 14.5. The van der Waals surface area contributed by atoms with E-state index < -0.39 is 15.1 Å². The molecular formula is C14H18N2O3S2. The molecule has 0 aliphatic carbocycles. The van der Waals surface area contributed by atoms with Gasteiger partial charge in [-0.05, 0) is 25.3 Å². The van der Waals surface area contributed by atoms with Crippen LogP contribution in [-0.2, 0) is 14.6 Å². The lowest BCUT2D eigenvalue weighted by Gasteiger charge is -2.39. The summed E-state index contributed by atoms with van der Waals surface area (Å²) in [6.07, 6.45) is 1.78. The van der Waals surface area contributed by atoms with Crippen molar-refractivity contribution in [3.05, 3.63) is 40.9 Å². The molecule has 2 N–H and O–H groups in total.